The third kappa shape index (κ3) is 5.25. The molecule has 10 nitrogen and oxygen atoms in total. The van der Waals surface area contributed by atoms with Crippen LogP contribution < -0.4 is 16.0 Å². The van der Waals surface area contributed by atoms with E-state index < -0.39 is 9.84 Å². The Morgan fingerprint density at radius 1 is 1.18 bits per heavy atom. The molecule has 1 fully saturated rings. The molecule has 3 N–H and O–H groups in total. The number of allylic oxidation sites excluding steroid dienone is 1. The molecule has 11 heteroatoms. The van der Waals surface area contributed by atoms with Crippen molar-refractivity contribution in [3.8, 4) is 11.4 Å². The maximum atomic E-state index is 11.8. The first kappa shape index (κ1) is 25.8. The highest BCUT2D eigenvalue weighted by Crippen LogP contribution is 2.38. The molecule has 0 unspecified atom stereocenters. The van der Waals surface area contributed by atoms with Crippen LogP contribution in [0.15, 0.2) is 61.7 Å². The minimum atomic E-state index is -3.09. The summed E-state index contributed by atoms with van der Waals surface area (Å²) in [4.78, 5) is 15.8. The molecule has 0 spiro atoms. The third-order valence-corrected chi connectivity index (χ3v) is 7.79. The first-order chi connectivity index (χ1) is 18.1. The zero-order chi connectivity index (χ0) is 27.0. The number of hydrogen-bond acceptors (Lipinski definition) is 9. The van der Waals surface area contributed by atoms with Crippen LogP contribution in [0.5, 0.6) is 0 Å². The summed E-state index contributed by atoms with van der Waals surface area (Å²) in [6.45, 7) is 9.26. The van der Waals surface area contributed by atoms with Gasteiger partial charge in [0.25, 0.3) is 0 Å². The smallest absolute Gasteiger partial charge is 0.164 e. The van der Waals surface area contributed by atoms with Crippen LogP contribution in [0.4, 0.5) is 17.3 Å². The summed E-state index contributed by atoms with van der Waals surface area (Å²) in [6, 6.07) is 8.00. The summed E-state index contributed by atoms with van der Waals surface area (Å²) in [5, 5.41) is 9.66. The van der Waals surface area contributed by atoms with Gasteiger partial charge in [-0.2, -0.15) is 5.10 Å². The van der Waals surface area contributed by atoms with Crippen molar-refractivity contribution in [2.45, 2.75) is 32.5 Å². The second kappa shape index (κ2) is 10.1. The van der Waals surface area contributed by atoms with E-state index in [4.69, 9.17) is 5.73 Å². The predicted molar refractivity (Wildman–Crippen MR) is 151 cm³/mol. The fourth-order valence-corrected chi connectivity index (χ4v) is 5.96. The van der Waals surface area contributed by atoms with Gasteiger partial charge in [-0.05, 0) is 35.1 Å². The maximum Gasteiger partial charge on any atom is 0.164 e. The number of rotatable bonds is 9. The second-order valence-corrected chi connectivity index (χ2v) is 12.3. The van der Waals surface area contributed by atoms with Crippen LogP contribution >= 0.6 is 0 Å². The van der Waals surface area contributed by atoms with Gasteiger partial charge in [-0.3, -0.25) is 4.68 Å². The first-order valence-electron chi connectivity index (χ1n) is 12.5. The van der Waals surface area contributed by atoms with Gasteiger partial charge < -0.3 is 16.0 Å². The molecule has 4 aromatic rings. The molecule has 0 aliphatic carbocycles. The summed E-state index contributed by atoms with van der Waals surface area (Å²) in [5.74, 6) is 2.14. The Morgan fingerprint density at radius 3 is 2.71 bits per heavy atom. The molecule has 1 saturated heterocycles. The van der Waals surface area contributed by atoms with Gasteiger partial charge in [0.2, 0.25) is 0 Å². The highest BCUT2D eigenvalue weighted by Gasteiger charge is 2.39. The maximum absolute atomic E-state index is 11.8. The van der Waals surface area contributed by atoms with Gasteiger partial charge in [0.1, 0.15) is 21.5 Å². The lowest BCUT2D eigenvalue weighted by Gasteiger charge is -2.47. The first-order valence-corrected chi connectivity index (χ1v) is 14.6. The summed E-state index contributed by atoms with van der Waals surface area (Å²) in [7, 11) is -3.09. The standard InChI is InChI=1S/C27H32N8O2S/c1-5-10-34-14-18(12-31-34)27-29-9-8-24(33-27)32-25-11-21-20(17(2)3)6-7-23(22(21)13-30-25)35-15-19(26(35)28)16-38(4,36)37/h5-9,11-14,17,19,26H,1,10,15-16,28H2,2-4H3,(H,29,30,32,33)/t19-,26+/m1/s1. The van der Waals surface area contributed by atoms with Gasteiger partial charge in [-0.25, -0.2) is 23.4 Å². The topological polar surface area (TPSA) is 132 Å². The Hall–Kier alpha value is -3.83. The van der Waals surface area contributed by atoms with Crippen molar-refractivity contribution >= 4 is 37.9 Å². The second-order valence-electron chi connectivity index (χ2n) is 10.1. The van der Waals surface area contributed by atoms with E-state index in [0.717, 1.165) is 22.0 Å². The fourth-order valence-electron chi connectivity index (χ4n) is 4.88. The molecule has 2 atom stereocenters. The van der Waals surface area contributed by atoms with Crippen molar-refractivity contribution in [3.63, 3.8) is 0 Å². The van der Waals surface area contributed by atoms with Crippen LogP contribution in [0, 0.1) is 5.92 Å². The molecular weight excluding hydrogens is 500 g/mol. The monoisotopic (exact) mass is 532 g/mol. The Balaban J connectivity index is 1.44. The molecule has 0 saturated carbocycles. The predicted octanol–water partition coefficient (Wildman–Crippen LogP) is 3.71. The quantitative estimate of drug-likeness (QED) is 0.310. The van der Waals surface area contributed by atoms with Gasteiger partial charge >= 0.3 is 0 Å². The fraction of sp³-hybridized carbons (Fsp3) is 0.333. The molecule has 1 aromatic carbocycles. The normalized spacial score (nSPS) is 17.6. The Bertz CT molecular complexity index is 1600. The molecule has 198 valence electrons. The SMILES string of the molecule is C=CCn1cc(-c2nccc(Nc3cc4c(C(C)C)ccc(N5C[C@H](CS(C)(=O)=O)[C@H]5N)c4cn3)n2)cn1. The molecule has 3 aromatic heterocycles. The van der Waals surface area contributed by atoms with E-state index in [-0.39, 0.29) is 17.8 Å². The van der Waals surface area contributed by atoms with Crippen LogP contribution in [0.25, 0.3) is 22.2 Å². The lowest BCUT2D eigenvalue weighted by atomic mass is 9.92. The number of aromatic nitrogens is 5. The lowest BCUT2D eigenvalue weighted by Crippen LogP contribution is -2.63. The Labute approximate surface area is 222 Å². The van der Waals surface area contributed by atoms with E-state index >= 15 is 0 Å². The molecule has 4 heterocycles. The number of hydrogen-bond donors (Lipinski definition) is 2. The van der Waals surface area contributed by atoms with E-state index in [9.17, 15) is 8.42 Å². The summed E-state index contributed by atoms with van der Waals surface area (Å²) in [6.07, 6.45) is 9.83. The van der Waals surface area contributed by atoms with Crippen LogP contribution in [0.2, 0.25) is 0 Å². The molecule has 38 heavy (non-hydrogen) atoms. The Morgan fingerprint density at radius 2 is 2.00 bits per heavy atom. The van der Waals surface area contributed by atoms with Gasteiger partial charge in [0, 0.05) is 48.4 Å². The van der Waals surface area contributed by atoms with Gasteiger partial charge in [-0.1, -0.05) is 26.0 Å². The minimum absolute atomic E-state index is 0.0884. The molecule has 0 bridgehead atoms. The highest BCUT2D eigenvalue weighted by molar-refractivity contribution is 7.90. The van der Waals surface area contributed by atoms with E-state index in [1.54, 1.807) is 29.2 Å². The molecule has 5 rings (SSSR count). The molecule has 0 amide bonds. The number of nitrogens with zero attached hydrogens (tertiary/aromatic N) is 6. The molecule has 1 aliphatic heterocycles. The van der Waals surface area contributed by atoms with Crippen LogP contribution in [0.3, 0.4) is 0 Å². The number of nitrogens with one attached hydrogen (secondary N) is 1. The van der Waals surface area contributed by atoms with Crippen molar-refractivity contribution < 1.29 is 8.42 Å². The van der Waals surface area contributed by atoms with Crippen LogP contribution in [-0.4, -0.2) is 57.9 Å². The van der Waals surface area contributed by atoms with E-state index in [1.807, 2.05) is 18.5 Å². The van der Waals surface area contributed by atoms with Gasteiger partial charge in [0.15, 0.2) is 5.82 Å². The molecular formula is C27H32N8O2S. The minimum Gasteiger partial charge on any atom is -0.355 e. The average molecular weight is 533 g/mol. The van der Waals surface area contributed by atoms with Gasteiger partial charge in [-0.15, -0.1) is 6.58 Å². The van der Waals surface area contributed by atoms with Gasteiger partial charge in [0.05, 0.1) is 30.2 Å². The largest absolute Gasteiger partial charge is 0.355 e. The van der Waals surface area contributed by atoms with E-state index in [1.165, 1.54) is 11.8 Å². The van der Waals surface area contributed by atoms with Crippen molar-refractivity contribution in [2.75, 3.05) is 28.8 Å². The number of fused-ring (bicyclic) bond motifs is 1. The molecule has 1 aliphatic rings. The van der Waals surface area contributed by atoms with Crippen molar-refractivity contribution in [2.24, 2.45) is 11.7 Å². The van der Waals surface area contributed by atoms with Crippen LogP contribution in [-0.2, 0) is 16.4 Å². The number of benzene rings is 1. The summed E-state index contributed by atoms with van der Waals surface area (Å²) in [5.41, 5.74) is 9.37. The number of nitrogens with two attached hydrogens (primary N) is 1. The summed E-state index contributed by atoms with van der Waals surface area (Å²) < 4.78 is 25.3. The van der Waals surface area contributed by atoms with E-state index in [2.05, 4.69) is 62.8 Å². The average Bonchev–Trinajstić information content (AvgIpc) is 3.34. The Kier molecular flexibility index (Phi) is 6.89. The third-order valence-electron chi connectivity index (χ3n) is 6.75. The zero-order valence-electron chi connectivity index (χ0n) is 21.7. The van der Waals surface area contributed by atoms with Crippen molar-refractivity contribution in [3.05, 3.63) is 67.3 Å². The van der Waals surface area contributed by atoms with Crippen molar-refractivity contribution in [1.82, 2.24) is 24.7 Å². The lowest BCUT2D eigenvalue weighted by molar-refractivity contribution is 0.328. The number of anilines is 3. The van der Waals surface area contributed by atoms with E-state index in [0.29, 0.717) is 36.5 Å². The number of sulfone groups is 1. The highest BCUT2D eigenvalue weighted by atomic mass is 32.2. The molecule has 0 radical (unpaired) electrons. The zero-order valence-corrected chi connectivity index (χ0v) is 22.6. The summed E-state index contributed by atoms with van der Waals surface area (Å²) >= 11 is 0. The van der Waals surface area contributed by atoms with Crippen LogP contribution in [0.1, 0.15) is 25.3 Å². The van der Waals surface area contributed by atoms with Crippen molar-refractivity contribution in [1.29, 1.82) is 0 Å². The number of pyridine rings is 1.